The molecule has 0 radical (unpaired) electrons. The van der Waals surface area contributed by atoms with Crippen LogP contribution in [0.4, 0.5) is 11.4 Å². The van der Waals surface area contributed by atoms with Crippen LogP contribution in [0.1, 0.15) is 6.92 Å². The second kappa shape index (κ2) is 6.27. The molecule has 6 nitrogen and oxygen atoms in total. The molecule has 1 fully saturated rings. The minimum atomic E-state index is -0.133. The standard InChI is InChI=1S/C14H19N3O3/c1-11(19)15-13-9-12(3-4-14(13)20-2)17-7-5-16(10-18)6-8-17/h3-4,9-10H,5-8H2,1-2H3,(H,15,19). The van der Waals surface area contributed by atoms with E-state index in [0.29, 0.717) is 24.5 Å². The molecule has 0 saturated carbocycles. The predicted octanol–water partition coefficient (Wildman–Crippen LogP) is 0.932. The van der Waals surface area contributed by atoms with Crippen molar-refractivity contribution < 1.29 is 14.3 Å². The molecule has 1 saturated heterocycles. The molecule has 1 aliphatic rings. The van der Waals surface area contributed by atoms with Crippen LogP contribution in [0.3, 0.4) is 0 Å². The Morgan fingerprint density at radius 3 is 2.55 bits per heavy atom. The van der Waals surface area contributed by atoms with Gasteiger partial charge in [-0.25, -0.2) is 0 Å². The lowest BCUT2D eigenvalue weighted by molar-refractivity contribution is -0.118. The third-order valence-corrected chi connectivity index (χ3v) is 3.32. The average Bonchev–Trinajstić information content (AvgIpc) is 2.46. The topological polar surface area (TPSA) is 61.9 Å². The van der Waals surface area contributed by atoms with Gasteiger partial charge in [0.05, 0.1) is 12.8 Å². The summed E-state index contributed by atoms with van der Waals surface area (Å²) >= 11 is 0. The molecular formula is C14H19N3O3. The number of hydrogen-bond acceptors (Lipinski definition) is 4. The second-order valence-corrected chi connectivity index (χ2v) is 4.69. The molecule has 108 valence electrons. The Morgan fingerprint density at radius 1 is 1.30 bits per heavy atom. The number of anilines is 2. The van der Waals surface area contributed by atoms with Gasteiger partial charge in [0, 0.05) is 38.8 Å². The SMILES string of the molecule is COc1ccc(N2CCN(C=O)CC2)cc1NC(C)=O. The number of hydrogen-bond donors (Lipinski definition) is 1. The highest BCUT2D eigenvalue weighted by Crippen LogP contribution is 2.30. The van der Waals surface area contributed by atoms with E-state index in [-0.39, 0.29) is 5.91 Å². The van der Waals surface area contributed by atoms with Crippen molar-refractivity contribution in [1.29, 1.82) is 0 Å². The van der Waals surface area contributed by atoms with Crippen LogP contribution < -0.4 is 15.0 Å². The molecule has 2 amide bonds. The van der Waals surface area contributed by atoms with Gasteiger partial charge in [0.2, 0.25) is 12.3 Å². The highest BCUT2D eigenvalue weighted by Gasteiger charge is 2.17. The highest BCUT2D eigenvalue weighted by molar-refractivity contribution is 5.91. The Labute approximate surface area is 118 Å². The largest absolute Gasteiger partial charge is 0.495 e. The van der Waals surface area contributed by atoms with E-state index < -0.39 is 0 Å². The highest BCUT2D eigenvalue weighted by atomic mass is 16.5. The molecule has 1 heterocycles. The number of piperazine rings is 1. The molecule has 0 aromatic heterocycles. The molecule has 1 aliphatic heterocycles. The first-order valence-corrected chi connectivity index (χ1v) is 6.54. The number of ether oxygens (including phenoxy) is 1. The van der Waals surface area contributed by atoms with Crippen LogP contribution in [0.15, 0.2) is 18.2 Å². The van der Waals surface area contributed by atoms with Crippen molar-refractivity contribution in [2.75, 3.05) is 43.5 Å². The summed E-state index contributed by atoms with van der Waals surface area (Å²) in [7, 11) is 1.57. The summed E-state index contributed by atoms with van der Waals surface area (Å²) in [4.78, 5) is 25.9. The Kier molecular flexibility index (Phi) is 4.45. The molecule has 6 heteroatoms. The third kappa shape index (κ3) is 3.20. The normalized spacial score (nSPS) is 14.9. The van der Waals surface area contributed by atoms with Crippen molar-refractivity contribution in [3.8, 4) is 5.75 Å². The molecule has 2 rings (SSSR count). The van der Waals surface area contributed by atoms with E-state index in [1.54, 1.807) is 12.0 Å². The van der Waals surface area contributed by atoms with Crippen molar-refractivity contribution in [2.24, 2.45) is 0 Å². The lowest BCUT2D eigenvalue weighted by atomic mass is 10.2. The zero-order valence-electron chi connectivity index (χ0n) is 11.8. The van der Waals surface area contributed by atoms with Crippen LogP contribution in [0.5, 0.6) is 5.75 Å². The fourth-order valence-corrected chi connectivity index (χ4v) is 2.27. The van der Waals surface area contributed by atoms with Gasteiger partial charge in [-0.3, -0.25) is 9.59 Å². The first-order chi connectivity index (χ1) is 9.63. The van der Waals surface area contributed by atoms with Crippen LogP contribution in [0.2, 0.25) is 0 Å². The predicted molar refractivity (Wildman–Crippen MR) is 77.1 cm³/mol. The summed E-state index contributed by atoms with van der Waals surface area (Å²) in [6.07, 6.45) is 0.883. The van der Waals surface area contributed by atoms with Crippen LogP contribution in [0.25, 0.3) is 0 Å². The van der Waals surface area contributed by atoms with Crippen LogP contribution in [-0.2, 0) is 9.59 Å². The van der Waals surface area contributed by atoms with E-state index in [2.05, 4.69) is 10.2 Å². The molecule has 20 heavy (non-hydrogen) atoms. The van der Waals surface area contributed by atoms with Gasteiger partial charge in [-0.2, -0.15) is 0 Å². The third-order valence-electron chi connectivity index (χ3n) is 3.32. The number of nitrogens with zero attached hydrogens (tertiary/aromatic N) is 2. The molecule has 0 aliphatic carbocycles. The molecule has 0 bridgehead atoms. The van der Waals surface area contributed by atoms with Crippen LogP contribution in [0, 0.1) is 0 Å². The quantitative estimate of drug-likeness (QED) is 0.832. The number of amides is 2. The van der Waals surface area contributed by atoms with Gasteiger partial charge < -0.3 is 19.9 Å². The Bertz CT molecular complexity index is 496. The summed E-state index contributed by atoms with van der Waals surface area (Å²) in [5.41, 5.74) is 1.68. The molecular weight excluding hydrogens is 258 g/mol. The number of rotatable bonds is 4. The van der Waals surface area contributed by atoms with E-state index in [0.717, 1.165) is 25.2 Å². The molecule has 1 aromatic carbocycles. The lowest BCUT2D eigenvalue weighted by Crippen LogP contribution is -2.45. The monoisotopic (exact) mass is 277 g/mol. The van der Waals surface area contributed by atoms with E-state index in [9.17, 15) is 9.59 Å². The van der Waals surface area contributed by atoms with E-state index in [1.807, 2.05) is 18.2 Å². The zero-order valence-corrected chi connectivity index (χ0v) is 11.8. The number of benzene rings is 1. The Balaban J connectivity index is 2.16. The molecule has 0 spiro atoms. The fourth-order valence-electron chi connectivity index (χ4n) is 2.27. The molecule has 0 unspecified atom stereocenters. The van der Waals surface area contributed by atoms with Gasteiger partial charge in [0.1, 0.15) is 5.75 Å². The first-order valence-electron chi connectivity index (χ1n) is 6.54. The summed E-state index contributed by atoms with van der Waals surface area (Å²) in [5.74, 6) is 0.502. The van der Waals surface area contributed by atoms with Gasteiger partial charge in [0.15, 0.2) is 0 Å². The second-order valence-electron chi connectivity index (χ2n) is 4.69. The minimum absolute atomic E-state index is 0.133. The van der Waals surface area contributed by atoms with Crippen molar-refractivity contribution in [3.63, 3.8) is 0 Å². The fraction of sp³-hybridized carbons (Fsp3) is 0.429. The minimum Gasteiger partial charge on any atom is -0.495 e. The molecule has 0 atom stereocenters. The maximum Gasteiger partial charge on any atom is 0.221 e. The number of carbonyl (C=O) groups excluding carboxylic acids is 2. The molecule has 1 aromatic rings. The van der Waals surface area contributed by atoms with Gasteiger partial charge in [-0.05, 0) is 18.2 Å². The van der Waals surface area contributed by atoms with Crippen LogP contribution >= 0.6 is 0 Å². The lowest BCUT2D eigenvalue weighted by Gasteiger charge is -2.34. The smallest absolute Gasteiger partial charge is 0.221 e. The number of nitrogens with one attached hydrogen (secondary N) is 1. The summed E-state index contributed by atoms with van der Waals surface area (Å²) in [6.45, 7) is 4.46. The average molecular weight is 277 g/mol. The van der Waals surface area contributed by atoms with Crippen molar-refractivity contribution in [3.05, 3.63) is 18.2 Å². The zero-order chi connectivity index (χ0) is 14.5. The van der Waals surface area contributed by atoms with E-state index in [4.69, 9.17) is 4.74 Å². The first kappa shape index (κ1) is 14.2. The Hall–Kier alpha value is -2.24. The van der Waals surface area contributed by atoms with E-state index >= 15 is 0 Å². The van der Waals surface area contributed by atoms with Gasteiger partial charge >= 0.3 is 0 Å². The summed E-state index contributed by atoms with van der Waals surface area (Å²) in [6, 6.07) is 5.70. The maximum absolute atomic E-state index is 11.2. The summed E-state index contributed by atoms with van der Waals surface area (Å²) < 4.78 is 5.24. The van der Waals surface area contributed by atoms with Crippen molar-refractivity contribution in [2.45, 2.75) is 6.92 Å². The van der Waals surface area contributed by atoms with Crippen molar-refractivity contribution >= 4 is 23.7 Å². The summed E-state index contributed by atoms with van der Waals surface area (Å²) in [5, 5.41) is 2.77. The van der Waals surface area contributed by atoms with Gasteiger partial charge in [-0.15, -0.1) is 0 Å². The van der Waals surface area contributed by atoms with Gasteiger partial charge in [0.25, 0.3) is 0 Å². The van der Waals surface area contributed by atoms with Crippen molar-refractivity contribution in [1.82, 2.24) is 4.90 Å². The number of carbonyl (C=O) groups is 2. The maximum atomic E-state index is 11.2. The van der Waals surface area contributed by atoms with Crippen LogP contribution in [-0.4, -0.2) is 50.5 Å². The molecule has 1 N–H and O–H groups in total. The number of methoxy groups -OCH3 is 1. The Morgan fingerprint density at radius 2 is 2.00 bits per heavy atom. The van der Waals surface area contributed by atoms with E-state index in [1.165, 1.54) is 6.92 Å². The van der Waals surface area contributed by atoms with Gasteiger partial charge in [-0.1, -0.05) is 0 Å².